The van der Waals surface area contributed by atoms with Crippen molar-refractivity contribution in [3.05, 3.63) is 35.5 Å². The normalized spacial score (nSPS) is 16.2. The molecule has 10 nitrogen and oxygen atoms in total. The maximum Gasteiger partial charge on any atom is 0.242 e. The van der Waals surface area contributed by atoms with Crippen LogP contribution in [0.25, 0.3) is 11.4 Å². The van der Waals surface area contributed by atoms with E-state index in [4.69, 9.17) is 4.74 Å². The Morgan fingerprint density at radius 2 is 1.86 bits per heavy atom. The Morgan fingerprint density at radius 3 is 2.55 bits per heavy atom. The Labute approximate surface area is 168 Å². The SMILES string of the molecule is CS(=O)(=O)Cc1cc(N2CCOCC2)nc(-c2ccc3c(c2)C(=S(=O)=O)N=N3)n1. The summed E-state index contributed by atoms with van der Waals surface area (Å²) in [5, 5.41) is 7.53. The molecule has 2 aromatic rings. The standard InChI is InChI=1S/C17H17N5O5S2/c1-29(25,26)10-12-9-15(22-4-6-27-7-5-22)19-16(18-12)11-2-3-14-13(8-11)17(21-20-14)28(23)24/h2-3,8-9H,4-7,10H2,1H3. The summed E-state index contributed by atoms with van der Waals surface area (Å²) < 4.78 is 51.8. The molecule has 29 heavy (non-hydrogen) atoms. The summed E-state index contributed by atoms with van der Waals surface area (Å²) in [6.07, 6.45) is 1.15. The molecule has 2 aliphatic rings. The second kappa shape index (κ2) is 7.61. The van der Waals surface area contributed by atoms with E-state index in [-0.39, 0.29) is 10.7 Å². The fraction of sp³-hybridized carbons (Fsp3) is 0.353. The largest absolute Gasteiger partial charge is 0.378 e. The van der Waals surface area contributed by atoms with Crippen LogP contribution in [0.15, 0.2) is 34.5 Å². The molecule has 4 rings (SSSR count). The maximum absolute atomic E-state index is 11.8. The zero-order chi connectivity index (χ0) is 20.6. The van der Waals surface area contributed by atoms with Gasteiger partial charge in [0.2, 0.25) is 15.3 Å². The van der Waals surface area contributed by atoms with Crippen LogP contribution in [-0.2, 0) is 30.6 Å². The van der Waals surface area contributed by atoms with E-state index in [1.807, 2.05) is 4.90 Å². The van der Waals surface area contributed by atoms with Crippen LogP contribution >= 0.6 is 0 Å². The molecular weight excluding hydrogens is 418 g/mol. The van der Waals surface area contributed by atoms with E-state index in [0.717, 1.165) is 6.26 Å². The third kappa shape index (κ3) is 4.33. The highest BCUT2D eigenvalue weighted by atomic mass is 32.2. The molecular formula is C17H17N5O5S2. The van der Waals surface area contributed by atoms with Gasteiger partial charge in [0.15, 0.2) is 15.7 Å². The predicted molar refractivity (Wildman–Crippen MR) is 107 cm³/mol. The molecule has 2 aliphatic heterocycles. The average Bonchev–Trinajstić information content (AvgIpc) is 3.10. The van der Waals surface area contributed by atoms with Gasteiger partial charge in [-0.2, -0.15) is 8.42 Å². The van der Waals surface area contributed by atoms with E-state index in [9.17, 15) is 16.8 Å². The second-order valence-electron chi connectivity index (χ2n) is 6.68. The molecule has 1 fully saturated rings. The summed E-state index contributed by atoms with van der Waals surface area (Å²) in [7, 11) is -5.83. The van der Waals surface area contributed by atoms with Crippen LogP contribution in [0.3, 0.4) is 0 Å². The molecule has 1 aromatic heterocycles. The lowest BCUT2D eigenvalue weighted by Crippen LogP contribution is -2.37. The fourth-order valence-corrected chi connectivity index (χ4v) is 4.25. The number of anilines is 1. The van der Waals surface area contributed by atoms with Gasteiger partial charge in [-0.05, 0) is 18.2 Å². The Hall–Kier alpha value is -2.70. The van der Waals surface area contributed by atoms with Crippen LogP contribution in [0.4, 0.5) is 11.5 Å². The molecule has 3 heterocycles. The highest BCUT2D eigenvalue weighted by Gasteiger charge is 2.21. The topological polar surface area (TPSA) is 131 Å². The van der Waals surface area contributed by atoms with Crippen LogP contribution in [-0.4, -0.2) is 64.4 Å². The van der Waals surface area contributed by atoms with Gasteiger partial charge in [0.25, 0.3) is 0 Å². The zero-order valence-electron chi connectivity index (χ0n) is 15.4. The van der Waals surface area contributed by atoms with Crippen LogP contribution in [0, 0.1) is 0 Å². The minimum Gasteiger partial charge on any atom is -0.378 e. The Kier molecular flexibility index (Phi) is 5.15. The van der Waals surface area contributed by atoms with Crippen molar-refractivity contribution >= 4 is 36.6 Å². The van der Waals surface area contributed by atoms with Gasteiger partial charge in [-0.1, -0.05) is 0 Å². The highest BCUT2D eigenvalue weighted by molar-refractivity contribution is 7.89. The van der Waals surface area contributed by atoms with E-state index >= 15 is 0 Å². The van der Waals surface area contributed by atoms with Crippen LogP contribution in [0.5, 0.6) is 0 Å². The van der Waals surface area contributed by atoms with Gasteiger partial charge in [0.1, 0.15) is 5.82 Å². The van der Waals surface area contributed by atoms with Crippen molar-refractivity contribution in [1.29, 1.82) is 0 Å². The molecule has 0 N–H and O–H groups in total. The van der Waals surface area contributed by atoms with Crippen LogP contribution in [0.2, 0.25) is 0 Å². The maximum atomic E-state index is 11.8. The van der Waals surface area contributed by atoms with Gasteiger partial charge in [-0.15, -0.1) is 10.2 Å². The van der Waals surface area contributed by atoms with E-state index in [1.165, 1.54) is 0 Å². The van der Waals surface area contributed by atoms with Crippen molar-refractivity contribution in [2.75, 3.05) is 37.5 Å². The summed E-state index contributed by atoms with van der Waals surface area (Å²) >= 11 is 0. The van der Waals surface area contributed by atoms with Gasteiger partial charge >= 0.3 is 0 Å². The third-order valence-corrected chi connectivity index (χ3v) is 5.84. The number of sulfone groups is 1. The number of nitrogens with zero attached hydrogens (tertiary/aromatic N) is 5. The quantitative estimate of drug-likeness (QED) is 0.650. The first-order chi connectivity index (χ1) is 13.8. The zero-order valence-corrected chi connectivity index (χ0v) is 17.1. The fourth-order valence-electron chi connectivity index (χ4n) is 3.12. The minimum absolute atomic E-state index is 0.150. The second-order valence-corrected chi connectivity index (χ2v) is 9.68. The molecule has 12 heteroatoms. The van der Waals surface area contributed by atoms with Gasteiger partial charge < -0.3 is 9.64 Å². The number of fused-ring (bicyclic) bond motifs is 1. The number of rotatable bonds is 4. The summed E-state index contributed by atoms with van der Waals surface area (Å²) in [5.41, 5.74) is 1.71. The predicted octanol–water partition coefficient (Wildman–Crippen LogP) is 0.979. The van der Waals surface area contributed by atoms with Crippen molar-refractivity contribution in [3.8, 4) is 11.4 Å². The van der Waals surface area contributed by atoms with Crippen molar-refractivity contribution in [2.24, 2.45) is 10.2 Å². The van der Waals surface area contributed by atoms with Crippen LogP contribution < -0.4 is 4.90 Å². The van der Waals surface area contributed by atoms with Crippen molar-refractivity contribution < 1.29 is 21.6 Å². The number of azo groups is 1. The first-order valence-electron chi connectivity index (χ1n) is 8.71. The lowest BCUT2D eigenvalue weighted by Gasteiger charge is -2.28. The highest BCUT2D eigenvalue weighted by Crippen LogP contribution is 2.31. The number of aromatic nitrogens is 2. The first kappa shape index (κ1) is 19.6. The molecule has 0 spiro atoms. The average molecular weight is 435 g/mol. The monoisotopic (exact) mass is 435 g/mol. The van der Waals surface area contributed by atoms with E-state index in [2.05, 4.69) is 20.2 Å². The summed E-state index contributed by atoms with van der Waals surface area (Å²) in [5.74, 6) is 0.680. The number of morpholine rings is 1. The molecule has 0 saturated carbocycles. The smallest absolute Gasteiger partial charge is 0.242 e. The lowest BCUT2D eigenvalue weighted by molar-refractivity contribution is 0.122. The number of hydrogen-bond acceptors (Lipinski definition) is 9. The molecule has 0 radical (unpaired) electrons. The van der Waals surface area contributed by atoms with E-state index in [1.54, 1.807) is 24.3 Å². The molecule has 0 unspecified atom stereocenters. The number of ether oxygens (including phenoxy) is 1. The Bertz CT molecular complexity index is 1240. The molecule has 1 saturated heterocycles. The number of hydrogen-bond donors (Lipinski definition) is 0. The van der Waals surface area contributed by atoms with Crippen molar-refractivity contribution in [2.45, 2.75) is 5.75 Å². The van der Waals surface area contributed by atoms with E-state index < -0.39 is 20.1 Å². The Balaban J connectivity index is 1.82. The number of benzene rings is 1. The summed E-state index contributed by atoms with van der Waals surface area (Å²) in [4.78, 5) is 10.9. The molecule has 0 aliphatic carbocycles. The lowest BCUT2D eigenvalue weighted by atomic mass is 10.1. The molecule has 152 valence electrons. The van der Waals surface area contributed by atoms with Crippen LogP contribution in [0.1, 0.15) is 11.3 Å². The summed E-state index contributed by atoms with van der Waals surface area (Å²) in [6, 6.07) is 6.60. The molecule has 0 amide bonds. The third-order valence-electron chi connectivity index (χ3n) is 4.40. The van der Waals surface area contributed by atoms with Gasteiger partial charge in [-0.3, -0.25) is 0 Å². The van der Waals surface area contributed by atoms with Gasteiger partial charge in [-0.25, -0.2) is 18.4 Å². The van der Waals surface area contributed by atoms with Gasteiger partial charge in [0, 0.05) is 36.5 Å². The first-order valence-corrected chi connectivity index (χ1v) is 11.8. The molecule has 0 bridgehead atoms. The van der Waals surface area contributed by atoms with Gasteiger partial charge in [0.05, 0.1) is 30.3 Å². The van der Waals surface area contributed by atoms with Crippen molar-refractivity contribution in [3.63, 3.8) is 0 Å². The van der Waals surface area contributed by atoms with Crippen molar-refractivity contribution in [1.82, 2.24) is 9.97 Å². The molecule has 0 atom stereocenters. The summed E-state index contributed by atoms with van der Waals surface area (Å²) in [6.45, 7) is 2.36. The molecule has 1 aromatic carbocycles. The van der Waals surface area contributed by atoms with E-state index in [0.29, 0.717) is 60.5 Å². The Morgan fingerprint density at radius 1 is 1.10 bits per heavy atom. The minimum atomic E-state index is -3.30.